The molecule has 0 radical (unpaired) electrons. The van der Waals surface area contributed by atoms with Crippen LogP contribution >= 0.6 is 0 Å². The van der Waals surface area contributed by atoms with Gasteiger partial charge in [0, 0.05) is 12.8 Å². The van der Waals surface area contributed by atoms with Gasteiger partial charge in [-0.05, 0) is 25.7 Å². The molecule has 1 nitrogen and oxygen atoms in total. The highest BCUT2D eigenvalue weighted by atomic mass is 16.1. The minimum atomic E-state index is 0.454. The smallest absolute Gasteiger partial charge is 0.132 e. The number of Topliss-reactive ketones (excluding diaryl/α,β-unsaturated/α-hetero) is 1. The first-order valence-electron chi connectivity index (χ1n) is 8.10. The van der Waals surface area contributed by atoms with Crippen LogP contribution in [0.4, 0.5) is 0 Å². The maximum absolute atomic E-state index is 11.3. The molecule has 0 unspecified atom stereocenters. The Morgan fingerprint density at radius 2 is 1.47 bits per heavy atom. The van der Waals surface area contributed by atoms with Gasteiger partial charge in [0.05, 0.1) is 0 Å². The SMILES string of the molecule is C=C/C=C\CCCCCCCCCCC(=O)CCC. The maximum Gasteiger partial charge on any atom is 0.132 e. The van der Waals surface area contributed by atoms with Crippen molar-refractivity contribution in [2.45, 2.75) is 84.0 Å². The first kappa shape index (κ1) is 18.1. The van der Waals surface area contributed by atoms with Crippen molar-refractivity contribution in [3.05, 3.63) is 24.8 Å². The normalized spacial score (nSPS) is 11.0. The van der Waals surface area contributed by atoms with Crippen LogP contribution in [-0.4, -0.2) is 5.78 Å². The van der Waals surface area contributed by atoms with Crippen molar-refractivity contribution in [2.24, 2.45) is 0 Å². The van der Waals surface area contributed by atoms with Crippen molar-refractivity contribution in [1.29, 1.82) is 0 Å². The van der Waals surface area contributed by atoms with Crippen molar-refractivity contribution in [3.8, 4) is 0 Å². The summed E-state index contributed by atoms with van der Waals surface area (Å²) in [6, 6.07) is 0. The lowest BCUT2D eigenvalue weighted by atomic mass is 10.0. The van der Waals surface area contributed by atoms with Crippen LogP contribution in [0, 0.1) is 0 Å². The molecule has 0 aliphatic heterocycles. The van der Waals surface area contributed by atoms with Crippen LogP contribution in [0.3, 0.4) is 0 Å². The molecule has 0 saturated carbocycles. The molecule has 0 spiro atoms. The number of ketones is 1. The maximum atomic E-state index is 11.3. The average molecular weight is 264 g/mol. The fourth-order valence-corrected chi connectivity index (χ4v) is 2.24. The predicted molar refractivity (Wildman–Crippen MR) is 85.4 cm³/mol. The summed E-state index contributed by atoms with van der Waals surface area (Å²) in [5, 5.41) is 0. The lowest BCUT2D eigenvalue weighted by molar-refractivity contribution is -0.119. The first-order valence-corrected chi connectivity index (χ1v) is 8.10. The van der Waals surface area contributed by atoms with Crippen LogP contribution in [0.1, 0.15) is 84.0 Å². The quantitative estimate of drug-likeness (QED) is 0.278. The topological polar surface area (TPSA) is 17.1 Å². The van der Waals surface area contributed by atoms with Crippen LogP contribution in [0.2, 0.25) is 0 Å². The number of unbranched alkanes of at least 4 members (excludes halogenated alkanes) is 8. The Kier molecular flexibility index (Phi) is 14.5. The zero-order valence-corrected chi connectivity index (χ0v) is 12.8. The largest absolute Gasteiger partial charge is 0.300 e. The number of carbonyl (C=O) groups excluding carboxylic acids is 1. The summed E-state index contributed by atoms with van der Waals surface area (Å²) in [6.07, 6.45) is 20.2. The molecule has 19 heavy (non-hydrogen) atoms. The average Bonchev–Trinajstić information content (AvgIpc) is 2.40. The fraction of sp³-hybridized carbons (Fsp3) is 0.722. The van der Waals surface area contributed by atoms with E-state index in [4.69, 9.17) is 0 Å². The number of rotatable bonds is 14. The molecule has 0 aromatic carbocycles. The second-order valence-corrected chi connectivity index (χ2v) is 5.32. The van der Waals surface area contributed by atoms with Crippen molar-refractivity contribution in [3.63, 3.8) is 0 Å². The molecule has 0 N–H and O–H groups in total. The van der Waals surface area contributed by atoms with Crippen LogP contribution in [0.25, 0.3) is 0 Å². The monoisotopic (exact) mass is 264 g/mol. The zero-order valence-electron chi connectivity index (χ0n) is 12.8. The van der Waals surface area contributed by atoms with Crippen molar-refractivity contribution in [1.82, 2.24) is 0 Å². The van der Waals surface area contributed by atoms with Gasteiger partial charge in [-0.3, -0.25) is 4.79 Å². The van der Waals surface area contributed by atoms with Gasteiger partial charge in [0.15, 0.2) is 0 Å². The number of hydrogen-bond acceptors (Lipinski definition) is 1. The predicted octanol–water partition coefficient (Wildman–Crippen LogP) is 6.00. The standard InChI is InChI=1S/C18H32O/c1-3-5-6-7-8-9-10-11-12-13-14-15-17-18(19)16-4-2/h3,5-6H,1,4,7-17H2,2H3/b6-5-. The third-order valence-electron chi connectivity index (χ3n) is 3.38. The summed E-state index contributed by atoms with van der Waals surface area (Å²) in [5.74, 6) is 0.454. The summed E-state index contributed by atoms with van der Waals surface area (Å²) in [4.78, 5) is 11.3. The molecule has 0 saturated heterocycles. The molecule has 110 valence electrons. The molecule has 0 heterocycles. The van der Waals surface area contributed by atoms with E-state index < -0.39 is 0 Å². The molecule has 0 fully saturated rings. The Morgan fingerprint density at radius 3 is 2.05 bits per heavy atom. The van der Waals surface area contributed by atoms with Gasteiger partial charge in [0.25, 0.3) is 0 Å². The Bertz CT molecular complexity index is 240. The highest BCUT2D eigenvalue weighted by Gasteiger charge is 1.99. The molecule has 0 aromatic rings. The van der Waals surface area contributed by atoms with Gasteiger partial charge in [-0.25, -0.2) is 0 Å². The lowest BCUT2D eigenvalue weighted by Crippen LogP contribution is -1.96. The van der Waals surface area contributed by atoms with Gasteiger partial charge in [0.2, 0.25) is 0 Å². The van der Waals surface area contributed by atoms with E-state index in [9.17, 15) is 4.79 Å². The van der Waals surface area contributed by atoms with E-state index in [-0.39, 0.29) is 0 Å². The summed E-state index contributed by atoms with van der Waals surface area (Å²) < 4.78 is 0. The first-order chi connectivity index (χ1) is 9.31. The second-order valence-electron chi connectivity index (χ2n) is 5.32. The van der Waals surface area contributed by atoms with Crippen LogP contribution in [-0.2, 0) is 4.79 Å². The molecule has 0 rings (SSSR count). The zero-order chi connectivity index (χ0) is 14.2. The van der Waals surface area contributed by atoms with E-state index in [2.05, 4.69) is 19.6 Å². The molecular weight excluding hydrogens is 232 g/mol. The molecule has 0 aliphatic carbocycles. The Morgan fingerprint density at radius 1 is 0.895 bits per heavy atom. The van der Waals surface area contributed by atoms with Crippen molar-refractivity contribution < 1.29 is 4.79 Å². The number of carbonyl (C=O) groups is 1. The van der Waals surface area contributed by atoms with Crippen LogP contribution in [0.15, 0.2) is 24.8 Å². The van der Waals surface area contributed by atoms with Gasteiger partial charge in [-0.15, -0.1) is 0 Å². The molecule has 0 aromatic heterocycles. The van der Waals surface area contributed by atoms with Crippen molar-refractivity contribution >= 4 is 5.78 Å². The number of hydrogen-bond donors (Lipinski definition) is 0. The van der Waals surface area contributed by atoms with Crippen LogP contribution in [0.5, 0.6) is 0 Å². The minimum Gasteiger partial charge on any atom is -0.300 e. The van der Waals surface area contributed by atoms with Gasteiger partial charge >= 0.3 is 0 Å². The molecule has 0 bridgehead atoms. The van der Waals surface area contributed by atoms with Gasteiger partial charge in [-0.2, -0.15) is 0 Å². The van der Waals surface area contributed by atoms with E-state index in [1.165, 1.54) is 51.4 Å². The van der Waals surface area contributed by atoms with E-state index >= 15 is 0 Å². The van der Waals surface area contributed by atoms with Gasteiger partial charge in [0.1, 0.15) is 5.78 Å². The summed E-state index contributed by atoms with van der Waals surface area (Å²) in [5.41, 5.74) is 0. The Hall–Kier alpha value is -0.850. The van der Waals surface area contributed by atoms with Crippen molar-refractivity contribution in [2.75, 3.05) is 0 Å². The van der Waals surface area contributed by atoms with E-state index in [0.717, 1.165) is 25.7 Å². The molecular formula is C18H32O. The van der Waals surface area contributed by atoms with Crippen LogP contribution < -0.4 is 0 Å². The fourth-order valence-electron chi connectivity index (χ4n) is 2.24. The minimum absolute atomic E-state index is 0.454. The van der Waals surface area contributed by atoms with E-state index in [1.54, 1.807) is 0 Å². The van der Waals surface area contributed by atoms with Gasteiger partial charge in [-0.1, -0.05) is 70.3 Å². The molecule has 1 heteroatoms. The third-order valence-corrected chi connectivity index (χ3v) is 3.38. The summed E-state index contributed by atoms with van der Waals surface area (Å²) in [7, 11) is 0. The second kappa shape index (κ2) is 15.2. The summed E-state index contributed by atoms with van der Waals surface area (Å²) in [6.45, 7) is 5.73. The van der Waals surface area contributed by atoms with E-state index in [1.807, 2.05) is 12.2 Å². The highest BCUT2D eigenvalue weighted by molar-refractivity contribution is 5.78. The molecule has 0 aliphatic rings. The molecule has 0 atom stereocenters. The van der Waals surface area contributed by atoms with E-state index in [0.29, 0.717) is 5.78 Å². The lowest BCUT2D eigenvalue weighted by Gasteiger charge is -2.01. The number of allylic oxidation sites excluding steroid dienone is 3. The third kappa shape index (κ3) is 15.1. The Balaban J connectivity index is 3.08. The van der Waals surface area contributed by atoms with Gasteiger partial charge < -0.3 is 0 Å². The summed E-state index contributed by atoms with van der Waals surface area (Å²) >= 11 is 0. The highest BCUT2D eigenvalue weighted by Crippen LogP contribution is 2.11. The Labute approximate surface area is 120 Å². The molecule has 0 amide bonds.